The maximum atomic E-state index is 11.9. The molecule has 1 N–H and O–H groups in total. The number of amides is 2. The molecule has 0 radical (unpaired) electrons. The molecule has 1 saturated heterocycles. The van der Waals surface area contributed by atoms with Gasteiger partial charge in [0.1, 0.15) is 5.65 Å². The zero-order chi connectivity index (χ0) is 14.3. The van der Waals surface area contributed by atoms with E-state index in [4.69, 9.17) is 0 Å². The van der Waals surface area contributed by atoms with Crippen molar-refractivity contribution in [3.63, 3.8) is 0 Å². The Bertz CT molecular complexity index is 687. The highest BCUT2D eigenvalue weighted by molar-refractivity contribution is 6.00. The number of imide groups is 1. The number of nitrogens with zero attached hydrogens (tertiary/aromatic N) is 2. The van der Waals surface area contributed by atoms with E-state index in [9.17, 15) is 9.59 Å². The number of hydrogen-bond acceptors (Lipinski definition) is 3. The molecule has 0 bridgehead atoms. The van der Waals surface area contributed by atoms with Crippen LogP contribution >= 0.6 is 0 Å². The first-order valence-electron chi connectivity index (χ1n) is 6.88. The molecule has 1 atom stereocenters. The minimum absolute atomic E-state index is 0.196. The minimum atomic E-state index is -0.326. The van der Waals surface area contributed by atoms with Gasteiger partial charge in [0.05, 0.1) is 11.6 Å². The predicted octanol–water partition coefficient (Wildman–Crippen LogP) is 1.98. The minimum Gasteiger partial charge on any atom is -0.304 e. The van der Waals surface area contributed by atoms with Crippen molar-refractivity contribution in [3.05, 3.63) is 35.8 Å². The molecule has 0 saturated carbocycles. The molecule has 20 heavy (non-hydrogen) atoms. The number of piperidine rings is 1. The van der Waals surface area contributed by atoms with Crippen LogP contribution in [0.5, 0.6) is 0 Å². The van der Waals surface area contributed by atoms with Gasteiger partial charge in [-0.1, -0.05) is 19.9 Å². The van der Waals surface area contributed by atoms with E-state index >= 15 is 0 Å². The first kappa shape index (κ1) is 12.8. The van der Waals surface area contributed by atoms with Crippen LogP contribution in [0, 0.1) is 0 Å². The van der Waals surface area contributed by atoms with Crippen LogP contribution in [-0.4, -0.2) is 21.2 Å². The predicted molar refractivity (Wildman–Crippen MR) is 74.4 cm³/mol. The van der Waals surface area contributed by atoms with Gasteiger partial charge in [-0.15, -0.1) is 0 Å². The zero-order valence-corrected chi connectivity index (χ0v) is 11.6. The number of imidazole rings is 1. The van der Waals surface area contributed by atoms with Crippen molar-refractivity contribution in [1.29, 1.82) is 0 Å². The number of aromatic nitrogens is 2. The number of hydrogen-bond donors (Lipinski definition) is 1. The second-order valence-electron chi connectivity index (χ2n) is 5.50. The molecule has 2 amide bonds. The van der Waals surface area contributed by atoms with Crippen molar-refractivity contribution >= 4 is 17.5 Å². The van der Waals surface area contributed by atoms with Crippen molar-refractivity contribution < 1.29 is 9.59 Å². The summed E-state index contributed by atoms with van der Waals surface area (Å²) < 4.78 is 2.03. The lowest BCUT2D eigenvalue weighted by Crippen LogP contribution is -2.39. The fourth-order valence-electron chi connectivity index (χ4n) is 2.67. The lowest BCUT2D eigenvalue weighted by Gasteiger charge is -2.18. The van der Waals surface area contributed by atoms with Gasteiger partial charge in [-0.2, -0.15) is 0 Å². The highest BCUT2D eigenvalue weighted by atomic mass is 16.2. The molecular weight excluding hydrogens is 254 g/mol. The van der Waals surface area contributed by atoms with Gasteiger partial charge in [0, 0.05) is 18.3 Å². The van der Waals surface area contributed by atoms with Gasteiger partial charge >= 0.3 is 0 Å². The number of carbonyl (C=O) groups is 2. The molecule has 104 valence electrons. The third-order valence-corrected chi connectivity index (χ3v) is 3.73. The largest absolute Gasteiger partial charge is 0.304 e. The molecule has 2 aromatic heterocycles. The standard InChI is InChI=1S/C15H17N3O2/c1-9(2)12-4-3-5-13-16-11(8-18(12)13)10-6-7-14(19)17-15(10)20/h3-5,8-10H,6-7H2,1-2H3,(H,17,19,20). The van der Waals surface area contributed by atoms with Gasteiger partial charge in [-0.25, -0.2) is 4.98 Å². The molecule has 5 heteroatoms. The lowest BCUT2D eigenvalue weighted by molar-refractivity contribution is -0.134. The highest BCUT2D eigenvalue weighted by Crippen LogP contribution is 2.26. The summed E-state index contributed by atoms with van der Waals surface area (Å²) in [5.74, 6) is -0.385. The summed E-state index contributed by atoms with van der Waals surface area (Å²) in [5, 5.41) is 2.38. The van der Waals surface area contributed by atoms with Crippen LogP contribution in [0.25, 0.3) is 5.65 Å². The van der Waals surface area contributed by atoms with Gasteiger partial charge in [0.15, 0.2) is 0 Å². The molecule has 0 aromatic carbocycles. The lowest BCUT2D eigenvalue weighted by atomic mass is 9.95. The van der Waals surface area contributed by atoms with E-state index in [1.165, 1.54) is 0 Å². The van der Waals surface area contributed by atoms with Gasteiger partial charge in [0.2, 0.25) is 11.8 Å². The Morgan fingerprint density at radius 1 is 1.35 bits per heavy atom. The molecule has 0 aliphatic carbocycles. The average Bonchev–Trinajstić information content (AvgIpc) is 2.81. The topological polar surface area (TPSA) is 63.5 Å². The first-order chi connectivity index (χ1) is 9.56. The van der Waals surface area contributed by atoms with E-state index in [0.29, 0.717) is 18.8 Å². The summed E-state index contributed by atoms with van der Waals surface area (Å²) in [4.78, 5) is 27.7. The van der Waals surface area contributed by atoms with E-state index in [-0.39, 0.29) is 17.7 Å². The van der Waals surface area contributed by atoms with E-state index in [0.717, 1.165) is 17.0 Å². The smallest absolute Gasteiger partial charge is 0.235 e. The maximum absolute atomic E-state index is 11.9. The van der Waals surface area contributed by atoms with Crippen LogP contribution in [0.15, 0.2) is 24.4 Å². The summed E-state index contributed by atoms with van der Waals surface area (Å²) in [6, 6.07) is 5.97. The normalized spacial score (nSPS) is 19.6. The number of fused-ring (bicyclic) bond motifs is 1. The Morgan fingerprint density at radius 3 is 2.85 bits per heavy atom. The van der Waals surface area contributed by atoms with E-state index < -0.39 is 0 Å². The van der Waals surface area contributed by atoms with Gasteiger partial charge in [-0.3, -0.25) is 14.9 Å². The Labute approximate surface area is 117 Å². The van der Waals surface area contributed by atoms with Gasteiger partial charge in [-0.05, 0) is 24.5 Å². The van der Waals surface area contributed by atoms with Crippen LogP contribution in [0.3, 0.4) is 0 Å². The summed E-state index contributed by atoms with van der Waals surface area (Å²) in [5.41, 5.74) is 2.74. The van der Waals surface area contributed by atoms with E-state index in [2.05, 4.69) is 30.2 Å². The van der Waals surface area contributed by atoms with Crippen molar-refractivity contribution in [2.24, 2.45) is 0 Å². The number of rotatable bonds is 2. The Morgan fingerprint density at radius 2 is 2.15 bits per heavy atom. The zero-order valence-electron chi connectivity index (χ0n) is 11.6. The molecular formula is C15H17N3O2. The van der Waals surface area contributed by atoms with E-state index in [1.807, 2.05) is 22.7 Å². The summed E-state index contributed by atoms with van der Waals surface area (Å²) >= 11 is 0. The number of nitrogens with one attached hydrogen (secondary N) is 1. The van der Waals surface area contributed by atoms with Crippen LogP contribution in [0.2, 0.25) is 0 Å². The highest BCUT2D eigenvalue weighted by Gasteiger charge is 2.30. The Kier molecular flexibility index (Phi) is 3.04. The fourth-order valence-corrected chi connectivity index (χ4v) is 2.67. The summed E-state index contributed by atoms with van der Waals surface area (Å²) in [6.07, 6.45) is 2.83. The second kappa shape index (κ2) is 4.74. The van der Waals surface area contributed by atoms with Crippen LogP contribution in [0.4, 0.5) is 0 Å². The monoisotopic (exact) mass is 271 g/mol. The fraction of sp³-hybridized carbons (Fsp3) is 0.400. The Hall–Kier alpha value is -2.17. The molecule has 3 heterocycles. The molecule has 5 nitrogen and oxygen atoms in total. The van der Waals surface area contributed by atoms with Crippen molar-refractivity contribution in [1.82, 2.24) is 14.7 Å². The van der Waals surface area contributed by atoms with Gasteiger partial charge in [0.25, 0.3) is 0 Å². The number of carbonyl (C=O) groups excluding carboxylic acids is 2. The summed E-state index contributed by atoms with van der Waals surface area (Å²) in [6.45, 7) is 4.25. The molecule has 0 spiro atoms. The van der Waals surface area contributed by atoms with Crippen molar-refractivity contribution in [3.8, 4) is 0 Å². The van der Waals surface area contributed by atoms with Crippen LogP contribution in [-0.2, 0) is 9.59 Å². The first-order valence-corrected chi connectivity index (χ1v) is 6.88. The molecule has 1 fully saturated rings. The average molecular weight is 271 g/mol. The van der Waals surface area contributed by atoms with Gasteiger partial charge < -0.3 is 4.40 Å². The van der Waals surface area contributed by atoms with Crippen LogP contribution in [0.1, 0.15) is 49.9 Å². The third-order valence-electron chi connectivity index (χ3n) is 3.73. The molecule has 3 rings (SSSR count). The Balaban J connectivity index is 2.03. The quantitative estimate of drug-likeness (QED) is 0.849. The van der Waals surface area contributed by atoms with Crippen molar-refractivity contribution in [2.75, 3.05) is 0 Å². The summed E-state index contributed by atoms with van der Waals surface area (Å²) in [7, 11) is 0. The van der Waals surface area contributed by atoms with Crippen molar-refractivity contribution in [2.45, 2.75) is 38.5 Å². The maximum Gasteiger partial charge on any atom is 0.235 e. The molecule has 2 aromatic rings. The third kappa shape index (κ3) is 2.09. The SMILES string of the molecule is CC(C)c1cccc2nc(C3CCC(=O)NC3=O)cn12. The second-order valence-corrected chi connectivity index (χ2v) is 5.50. The molecule has 1 aliphatic heterocycles. The van der Waals surface area contributed by atoms with Crippen LogP contribution < -0.4 is 5.32 Å². The van der Waals surface area contributed by atoms with E-state index in [1.54, 1.807) is 0 Å². The molecule has 1 aliphatic rings. The number of pyridine rings is 1. The molecule has 1 unspecified atom stereocenters.